The van der Waals surface area contributed by atoms with E-state index in [1.807, 2.05) is 26.8 Å². The molecular weight excluding hydrogens is 228 g/mol. The lowest BCUT2D eigenvalue weighted by Crippen LogP contribution is -2.25. The monoisotopic (exact) mass is 246 g/mol. The summed E-state index contributed by atoms with van der Waals surface area (Å²) in [5.74, 6) is -0.00814. The van der Waals surface area contributed by atoms with Crippen LogP contribution in [-0.2, 0) is 11.2 Å². The molecule has 18 heavy (non-hydrogen) atoms. The Morgan fingerprint density at radius 1 is 1.39 bits per heavy atom. The van der Waals surface area contributed by atoms with Gasteiger partial charge in [0.15, 0.2) is 5.58 Å². The van der Waals surface area contributed by atoms with Crippen molar-refractivity contribution in [1.82, 2.24) is 10.5 Å². The van der Waals surface area contributed by atoms with E-state index in [4.69, 9.17) is 4.52 Å². The summed E-state index contributed by atoms with van der Waals surface area (Å²) in [6.07, 6.45) is 1.21. The lowest BCUT2D eigenvalue weighted by molar-refractivity contribution is -0.120. The fourth-order valence-corrected chi connectivity index (χ4v) is 2.05. The molecule has 1 aromatic heterocycles. The number of hydrogen-bond acceptors (Lipinski definition) is 3. The third-order valence-corrected chi connectivity index (χ3v) is 2.88. The minimum atomic E-state index is -0.00814. The first-order valence-corrected chi connectivity index (χ1v) is 6.24. The van der Waals surface area contributed by atoms with Crippen molar-refractivity contribution in [3.05, 3.63) is 29.0 Å². The molecule has 1 N–H and O–H groups in total. The Morgan fingerprint density at radius 2 is 2.17 bits per heavy atom. The lowest BCUT2D eigenvalue weighted by Gasteiger charge is -2.01. The van der Waals surface area contributed by atoms with E-state index in [1.165, 1.54) is 0 Å². The van der Waals surface area contributed by atoms with Gasteiger partial charge >= 0.3 is 0 Å². The van der Waals surface area contributed by atoms with E-state index >= 15 is 0 Å². The molecule has 0 aliphatic carbocycles. The molecule has 4 nitrogen and oxygen atoms in total. The van der Waals surface area contributed by atoms with Crippen LogP contribution in [0.4, 0.5) is 0 Å². The predicted octanol–water partition coefficient (Wildman–Crippen LogP) is 2.51. The molecule has 0 saturated carbocycles. The second-order valence-electron chi connectivity index (χ2n) is 4.61. The number of nitrogens with one attached hydrogen (secondary N) is 1. The van der Waals surface area contributed by atoms with Gasteiger partial charge in [0.1, 0.15) is 5.69 Å². The molecule has 0 unspecified atom stereocenters. The highest BCUT2D eigenvalue weighted by atomic mass is 16.5. The molecule has 2 rings (SSSR count). The third-order valence-electron chi connectivity index (χ3n) is 2.88. The van der Waals surface area contributed by atoms with Crippen LogP contribution >= 0.6 is 0 Å². The highest BCUT2D eigenvalue weighted by Gasteiger charge is 2.13. The van der Waals surface area contributed by atoms with Crippen LogP contribution in [0, 0.1) is 13.8 Å². The maximum atomic E-state index is 11.7. The molecule has 1 amide bonds. The number of fused-ring (bicyclic) bond motifs is 1. The zero-order valence-electron chi connectivity index (χ0n) is 11.0. The molecule has 0 aliphatic rings. The minimum absolute atomic E-state index is 0.00814. The van der Waals surface area contributed by atoms with Crippen LogP contribution in [0.2, 0.25) is 0 Å². The van der Waals surface area contributed by atoms with Crippen molar-refractivity contribution in [2.75, 3.05) is 6.54 Å². The van der Waals surface area contributed by atoms with Gasteiger partial charge in [-0.1, -0.05) is 18.1 Å². The van der Waals surface area contributed by atoms with Crippen molar-refractivity contribution in [2.45, 2.75) is 33.6 Å². The van der Waals surface area contributed by atoms with Crippen LogP contribution in [0.5, 0.6) is 0 Å². The molecule has 1 aromatic carbocycles. The molecule has 4 heteroatoms. The molecule has 0 radical (unpaired) electrons. The Labute approximate surface area is 106 Å². The maximum Gasteiger partial charge on any atom is 0.226 e. The fraction of sp³-hybridized carbons (Fsp3) is 0.429. The summed E-state index contributed by atoms with van der Waals surface area (Å²) in [6, 6.07) is 4.07. The number of amides is 1. The van der Waals surface area contributed by atoms with E-state index in [0.717, 1.165) is 28.5 Å². The molecule has 0 bridgehead atoms. The summed E-state index contributed by atoms with van der Waals surface area (Å²) < 4.78 is 5.31. The van der Waals surface area contributed by atoms with Crippen LogP contribution < -0.4 is 5.32 Å². The summed E-state index contributed by atoms with van der Waals surface area (Å²) in [4.78, 5) is 11.7. The van der Waals surface area contributed by atoms with Gasteiger partial charge in [0.05, 0.1) is 6.42 Å². The predicted molar refractivity (Wildman–Crippen MR) is 70.5 cm³/mol. The van der Waals surface area contributed by atoms with Crippen LogP contribution in [-0.4, -0.2) is 17.6 Å². The van der Waals surface area contributed by atoms with E-state index in [-0.39, 0.29) is 12.3 Å². The summed E-state index contributed by atoms with van der Waals surface area (Å²) in [7, 11) is 0. The molecule has 2 aromatic rings. The molecule has 1 heterocycles. The molecule has 0 atom stereocenters. The topological polar surface area (TPSA) is 55.1 Å². The molecule has 0 fully saturated rings. The number of hydrogen-bond donors (Lipinski definition) is 1. The van der Waals surface area contributed by atoms with E-state index < -0.39 is 0 Å². The average molecular weight is 246 g/mol. The fourth-order valence-electron chi connectivity index (χ4n) is 2.05. The number of benzene rings is 1. The lowest BCUT2D eigenvalue weighted by atomic mass is 10.1. The number of carbonyl (C=O) groups excluding carboxylic acids is 1. The molecule has 96 valence electrons. The van der Waals surface area contributed by atoms with E-state index in [0.29, 0.717) is 12.2 Å². The van der Waals surface area contributed by atoms with Gasteiger partial charge in [-0.3, -0.25) is 4.79 Å². The Bertz CT molecular complexity index is 572. The number of carbonyl (C=O) groups is 1. The maximum absolute atomic E-state index is 11.7. The third kappa shape index (κ3) is 2.53. The van der Waals surface area contributed by atoms with Gasteiger partial charge in [-0.15, -0.1) is 0 Å². The summed E-state index contributed by atoms with van der Waals surface area (Å²) in [5, 5.41) is 7.80. The Morgan fingerprint density at radius 3 is 2.89 bits per heavy atom. The van der Waals surface area contributed by atoms with Crippen LogP contribution in [0.3, 0.4) is 0 Å². The van der Waals surface area contributed by atoms with Gasteiger partial charge in [0.25, 0.3) is 0 Å². The second kappa shape index (κ2) is 5.21. The summed E-state index contributed by atoms with van der Waals surface area (Å²) in [6.45, 7) is 6.74. The van der Waals surface area contributed by atoms with Crippen molar-refractivity contribution in [3.8, 4) is 0 Å². The van der Waals surface area contributed by atoms with Crippen molar-refractivity contribution in [1.29, 1.82) is 0 Å². The van der Waals surface area contributed by atoms with Gasteiger partial charge in [-0.05, 0) is 37.5 Å². The largest absolute Gasteiger partial charge is 0.356 e. The number of aromatic nitrogens is 1. The molecular formula is C14H18N2O2. The van der Waals surface area contributed by atoms with Crippen LogP contribution in [0.15, 0.2) is 16.7 Å². The summed E-state index contributed by atoms with van der Waals surface area (Å²) in [5.41, 5.74) is 3.69. The smallest absolute Gasteiger partial charge is 0.226 e. The second-order valence-corrected chi connectivity index (χ2v) is 4.61. The number of rotatable bonds is 4. The Kier molecular flexibility index (Phi) is 3.65. The SMILES string of the molecule is CCCNC(=O)Cc1noc2c(C)cc(C)cc12. The zero-order valence-corrected chi connectivity index (χ0v) is 11.0. The standard InChI is InChI=1S/C14H18N2O2/c1-4-5-15-13(17)8-12-11-7-9(2)6-10(3)14(11)18-16-12/h6-7H,4-5,8H2,1-3H3,(H,15,17). The highest BCUT2D eigenvalue weighted by Crippen LogP contribution is 2.23. The first kappa shape index (κ1) is 12.6. The first-order valence-electron chi connectivity index (χ1n) is 6.24. The summed E-state index contributed by atoms with van der Waals surface area (Å²) >= 11 is 0. The Balaban J connectivity index is 2.26. The van der Waals surface area contributed by atoms with E-state index in [1.54, 1.807) is 0 Å². The van der Waals surface area contributed by atoms with Crippen molar-refractivity contribution in [2.24, 2.45) is 0 Å². The van der Waals surface area contributed by atoms with Gasteiger partial charge < -0.3 is 9.84 Å². The van der Waals surface area contributed by atoms with Crippen LogP contribution in [0.1, 0.15) is 30.2 Å². The average Bonchev–Trinajstić information content (AvgIpc) is 2.70. The molecule has 0 spiro atoms. The van der Waals surface area contributed by atoms with Crippen LogP contribution in [0.25, 0.3) is 11.0 Å². The molecule has 0 saturated heterocycles. The highest BCUT2D eigenvalue weighted by molar-refractivity contribution is 5.88. The van der Waals surface area contributed by atoms with E-state index in [2.05, 4.69) is 16.5 Å². The number of aryl methyl sites for hydroxylation is 2. The Hall–Kier alpha value is -1.84. The van der Waals surface area contributed by atoms with Gasteiger partial charge in [0, 0.05) is 11.9 Å². The van der Waals surface area contributed by atoms with Crippen molar-refractivity contribution < 1.29 is 9.32 Å². The van der Waals surface area contributed by atoms with Crippen molar-refractivity contribution >= 4 is 16.9 Å². The van der Waals surface area contributed by atoms with Crippen molar-refractivity contribution in [3.63, 3.8) is 0 Å². The minimum Gasteiger partial charge on any atom is -0.356 e. The quantitative estimate of drug-likeness (QED) is 0.901. The van der Waals surface area contributed by atoms with Gasteiger partial charge in [0.2, 0.25) is 5.91 Å². The van der Waals surface area contributed by atoms with Gasteiger partial charge in [-0.25, -0.2) is 0 Å². The molecule has 0 aliphatic heterocycles. The van der Waals surface area contributed by atoms with Gasteiger partial charge in [-0.2, -0.15) is 0 Å². The normalized spacial score (nSPS) is 10.8. The first-order chi connectivity index (χ1) is 8.61. The van der Waals surface area contributed by atoms with E-state index in [9.17, 15) is 4.79 Å². The number of nitrogens with zero attached hydrogens (tertiary/aromatic N) is 1. The zero-order chi connectivity index (χ0) is 13.1.